The van der Waals surface area contributed by atoms with Gasteiger partial charge in [-0.25, -0.2) is 0 Å². The van der Waals surface area contributed by atoms with Crippen LogP contribution in [0.2, 0.25) is 0 Å². The molecule has 2 rings (SSSR count). The van der Waals surface area contributed by atoms with Gasteiger partial charge >= 0.3 is 0 Å². The summed E-state index contributed by atoms with van der Waals surface area (Å²) in [6.07, 6.45) is 6.55. The Bertz CT molecular complexity index is 310. The molecule has 3 nitrogen and oxygen atoms in total. The molecular weight excluding hydrogens is 166 g/mol. The van der Waals surface area contributed by atoms with E-state index >= 15 is 0 Å². The van der Waals surface area contributed by atoms with Gasteiger partial charge in [-0.05, 0) is 18.8 Å². The molecule has 1 saturated carbocycles. The number of Topliss-reactive ketones (excluding diaryl/α,β-unsaturated/α-hetero) is 1. The Hall–Kier alpha value is -1.12. The van der Waals surface area contributed by atoms with Gasteiger partial charge in [0.15, 0.2) is 5.78 Å². The van der Waals surface area contributed by atoms with Crippen LogP contribution in [0, 0.1) is 0 Å². The van der Waals surface area contributed by atoms with Crippen molar-refractivity contribution in [1.29, 1.82) is 0 Å². The highest BCUT2D eigenvalue weighted by molar-refractivity contribution is 5.92. The van der Waals surface area contributed by atoms with Crippen LogP contribution in [-0.2, 0) is 0 Å². The van der Waals surface area contributed by atoms with Crippen LogP contribution in [0.3, 0.4) is 0 Å². The van der Waals surface area contributed by atoms with E-state index in [2.05, 4.69) is 5.16 Å². The van der Waals surface area contributed by atoms with E-state index in [0.717, 1.165) is 5.56 Å². The van der Waals surface area contributed by atoms with E-state index in [4.69, 9.17) is 4.52 Å². The Labute approximate surface area is 77.1 Å². The fourth-order valence-electron chi connectivity index (χ4n) is 2.04. The third-order valence-electron chi connectivity index (χ3n) is 2.71. The van der Waals surface area contributed by atoms with Crippen LogP contribution in [0.4, 0.5) is 0 Å². The number of hydrogen-bond donors (Lipinski definition) is 0. The molecule has 0 amide bonds. The van der Waals surface area contributed by atoms with Gasteiger partial charge in [-0.15, -0.1) is 0 Å². The molecule has 1 fully saturated rings. The second-order valence-electron chi connectivity index (χ2n) is 3.65. The lowest BCUT2D eigenvalue weighted by Gasteiger charge is -2.05. The van der Waals surface area contributed by atoms with Gasteiger partial charge in [0, 0.05) is 12.5 Å². The first kappa shape index (κ1) is 8.48. The molecule has 0 aliphatic heterocycles. The number of aromatic nitrogens is 1. The monoisotopic (exact) mass is 179 g/mol. The maximum absolute atomic E-state index is 11.2. The van der Waals surface area contributed by atoms with Gasteiger partial charge in [0.25, 0.3) is 0 Å². The lowest BCUT2D eigenvalue weighted by atomic mass is 9.98. The number of nitrogens with zero attached hydrogens (tertiary/aromatic N) is 1. The maximum Gasteiger partial charge on any atom is 0.205 e. The van der Waals surface area contributed by atoms with E-state index in [1.165, 1.54) is 32.6 Å². The average molecular weight is 179 g/mol. The summed E-state index contributed by atoms with van der Waals surface area (Å²) in [7, 11) is 0. The molecule has 0 atom stereocenters. The average Bonchev–Trinajstić information content (AvgIpc) is 2.74. The van der Waals surface area contributed by atoms with Crippen molar-refractivity contribution in [1.82, 2.24) is 5.16 Å². The minimum atomic E-state index is -0.0144. The number of ketones is 1. The van der Waals surface area contributed by atoms with E-state index < -0.39 is 0 Å². The molecule has 0 N–H and O–H groups in total. The van der Waals surface area contributed by atoms with Crippen LogP contribution >= 0.6 is 0 Å². The summed E-state index contributed by atoms with van der Waals surface area (Å²) in [5.74, 6) is 0.955. The molecule has 0 spiro atoms. The van der Waals surface area contributed by atoms with Crippen LogP contribution in [0.5, 0.6) is 0 Å². The van der Waals surface area contributed by atoms with Gasteiger partial charge in [-0.1, -0.05) is 18.0 Å². The fourth-order valence-corrected chi connectivity index (χ4v) is 2.04. The quantitative estimate of drug-likeness (QED) is 0.655. The first-order chi connectivity index (χ1) is 6.29. The van der Waals surface area contributed by atoms with E-state index in [0.29, 0.717) is 11.7 Å². The number of hydrogen-bond acceptors (Lipinski definition) is 3. The number of carbonyl (C=O) groups is 1. The number of rotatable bonds is 2. The van der Waals surface area contributed by atoms with Crippen molar-refractivity contribution in [3.8, 4) is 0 Å². The van der Waals surface area contributed by atoms with E-state index in [9.17, 15) is 4.79 Å². The fraction of sp³-hybridized carbons (Fsp3) is 0.600. The second kappa shape index (κ2) is 3.32. The third kappa shape index (κ3) is 1.50. The van der Waals surface area contributed by atoms with Crippen molar-refractivity contribution in [2.24, 2.45) is 0 Å². The largest absolute Gasteiger partial charge is 0.353 e. The van der Waals surface area contributed by atoms with Crippen molar-refractivity contribution in [2.45, 2.75) is 38.5 Å². The molecule has 0 bridgehead atoms. The first-order valence-corrected chi connectivity index (χ1v) is 4.74. The van der Waals surface area contributed by atoms with Gasteiger partial charge in [-0.3, -0.25) is 4.79 Å². The van der Waals surface area contributed by atoms with Crippen LogP contribution in [-0.4, -0.2) is 10.9 Å². The Morgan fingerprint density at radius 3 is 2.85 bits per heavy atom. The lowest BCUT2D eigenvalue weighted by molar-refractivity contribution is 0.0976. The first-order valence-electron chi connectivity index (χ1n) is 4.74. The standard InChI is InChI=1S/C10H13NO2/c1-7(12)10-9(6-11-13-10)8-4-2-3-5-8/h6,8H,2-5H2,1H3. The normalized spacial score (nSPS) is 17.9. The minimum Gasteiger partial charge on any atom is -0.353 e. The summed E-state index contributed by atoms with van der Waals surface area (Å²) in [5.41, 5.74) is 1.02. The zero-order valence-electron chi connectivity index (χ0n) is 7.75. The molecule has 1 aliphatic rings. The minimum absolute atomic E-state index is 0.0144. The van der Waals surface area contributed by atoms with Gasteiger partial charge in [-0.2, -0.15) is 0 Å². The summed E-state index contributed by atoms with van der Waals surface area (Å²) < 4.78 is 4.94. The van der Waals surface area contributed by atoms with Crippen molar-refractivity contribution in [2.75, 3.05) is 0 Å². The summed E-state index contributed by atoms with van der Waals surface area (Å²) >= 11 is 0. The van der Waals surface area contributed by atoms with Crippen LogP contribution in [0.1, 0.15) is 54.6 Å². The van der Waals surface area contributed by atoms with Gasteiger partial charge in [0.2, 0.25) is 5.76 Å². The second-order valence-corrected chi connectivity index (χ2v) is 3.65. The zero-order chi connectivity index (χ0) is 9.26. The molecule has 1 aromatic rings. The van der Waals surface area contributed by atoms with E-state index in [-0.39, 0.29) is 5.78 Å². The van der Waals surface area contributed by atoms with Crippen molar-refractivity contribution >= 4 is 5.78 Å². The summed E-state index contributed by atoms with van der Waals surface area (Å²) in [6, 6.07) is 0. The highest BCUT2D eigenvalue weighted by atomic mass is 16.5. The maximum atomic E-state index is 11.2. The van der Waals surface area contributed by atoms with Crippen LogP contribution < -0.4 is 0 Å². The lowest BCUT2D eigenvalue weighted by Crippen LogP contribution is -1.99. The molecule has 13 heavy (non-hydrogen) atoms. The Morgan fingerprint density at radius 1 is 1.54 bits per heavy atom. The highest BCUT2D eigenvalue weighted by Crippen LogP contribution is 2.35. The van der Waals surface area contributed by atoms with Gasteiger partial charge < -0.3 is 4.52 Å². The van der Waals surface area contributed by atoms with Crippen LogP contribution in [0.25, 0.3) is 0 Å². The molecule has 70 valence electrons. The van der Waals surface area contributed by atoms with Crippen molar-refractivity contribution in [3.63, 3.8) is 0 Å². The topological polar surface area (TPSA) is 43.1 Å². The van der Waals surface area contributed by atoms with E-state index in [1.807, 2.05) is 0 Å². The third-order valence-corrected chi connectivity index (χ3v) is 2.71. The summed E-state index contributed by atoms with van der Waals surface area (Å²) in [5, 5.41) is 3.69. The molecule has 0 saturated heterocycles. The molecule has 1 aliphatic carbocycles. The predicted molar refractivity (Wildman–Crippen MR) is 47.7 cm³/mol. The smallest absolute Gasteiger partial charge is 0.205 e. The van der Waals surface area contributed by atoms with Gasteiger partial charge in [0.1, 0.15) is 0 Å². The Balaban J connectivity index is 2.28. The SMILES string of the molecule is CC(=O)c1oncc1C1CCCC1. The van der Waals surface area contributed by atoms with Crippen molar-refractivity contribution in [3.05, 3.63) is 17.5 Å². The molecular formula is C10H13NO2. The zero-order valence-corrected chi connectivity index (χ0v) is 7.75. The molecule has 3 heteroatoms. The molecule has 1 aromatic heterocycles. The Morgan fingerprint density at radius 2 is 2.23 bits per heavy atom. The summed E-state index contributed by atoms with van der Waals surface area (Å²) in [6.45, 7) is 1.53. The molecule has 0 aromatic carbocycles. The summed E-state index contributed by atoms with van der Waals surface area (Å²) in [4.78, 5) is 11.2. The van der Waals surface area contributed by atoms with Crippen LogP contribution in [0.15, 0.2) is 10.7 Å². The van der Waals surface area contributed by atoms with Gasteiger partial charge in [0.05, 0.1) is 6.20 Å². The molecule has 0 radical (unpaired) electrons. The van der Waals surface area contributed by atoms with Crippen molar-refractivity contribution < 1.29 is 9.32 Å². The Kier molecular flexibility index (Phi) is 2.17. The molecule has 0 unspecified atom stereocenters. The number of carbonyl (C=O) groups excluding carboxylic acids is 1. The molecule has 1 heterocycles. The predicted octanol–water partition coefficient (Wildman–Crippen LogP) is 2.53. The highest BCUT2D eigenvalue weighted by Gasteiger charge is 2.24. The van der Waals surface area contributed by atoms with E-state index in [1.54, 1.807) is 6.20 Å².